The molecule has 0 unspecified atom stereocenters. The lowest BCUT2D eigenvalue weighted by atomic mass is 10.0. The predicted octanol–water partition coefficient (Wildman–Crippen LogP) is 5.61. The fraction of sp³-hybridized carbons (Fsp3) is 0.176. The summed E-state index contributed by atoms with van der Waals surface area (Å²) in [6.07, 6.45) is 0. The Morgan fingerprint density at radius 1 is 1.00 bits per heavy atom. The monoisotopic (exact) mass is 269 g/mol. The summed E-state index contributed by atoms with van der Waals surface area (Å²) in [6.45, 7) is 4.42. The highest BCUT2D eigenvalue weighted by atomic mass is 35.5. The fourth-order valence-corrected chi connectivity index (χ4v) is 2.57. The van der Waals surface area contributed by atoms with Crippen LogP contribution in [-0.4, -0.2) is 4.98 Å². The fourth-order valence-electron chi connectivity index (χ4n) is 2.33. The first kappa shape index (κ1) is 12.3. The van der Waals surface area contributed by atoms with Gasteiger partial charge in [0.05, 0.1) is 0 Å². The molecule has 19 heavy (non-hydrogen) atoms. The van der Waals surface area contributed by atoms with Crippen LogP contribution < -0.4 is 0 Å². The molecule has 1 N–H and O–H groups in total. The van der Waals surface area contributed by atoms with Crippen molar-refractivity contribution in [1.82, 2.24) is 4.98 Å². The van der Waals surface area contributed by atoms with Gasteiger partial charge >= 0.3 is 0 Å². The van der Waals surface area contributed by atoms with E-state index in [1.165, 1.54) is 10.9 Å². The number of aromatic amines is 1. The molecule has 2 aromatic carbocycles. The zero-order chi connectivity index (χ0) is 13.4. The molecule has 96 valence electrons. The largest absolute Gasteiger partial charge is 0.354 e. The average molecular weight is 270 g/mol. The molecule has 0 amide bonds. The SMILES string of the molecule is CC(C)c1ccc2[nH]c(-c3ccccc3Cl)cc2c1. The van der Waals surface area contributed by atoms with Crippen LogP contribution in [0.4, 0.5) is 0 Å². The average Bonchev–Trinajstić information content (AvgIpc) is 2.81. The number of hydrogen-bond acceptors (Lipinski definition) is 0. The van der Waals surface area contributed by atoms with Crippen LogP contribution in [0, 0.1) is 0 Å². The number of aromatic nitrogens is 1. The van der Waals surface area contributed by atoms with Gasteiger partial charge in [-0.3, -0.25) is 0 Å². The molecule has 0 fully saturated rings. The van der Waals surface area contributed by atoms with Crippen molar-refractivity contribution in [1.29, 1.82) is 0 Å². The smallest absolute Gasteiger partial charge is 0.0499 e. The summed E-state index contributed by atoms with van der Waals surface area (Å²) in [7, 11) is 0. The van der Waals surface area contributed by atoms with Crippen molar-refractivity contribution >= 4 is 22.5 Å². The molecule has 0 saturated carbocycles. The van der Waals surface area contributed by atoms with Gasteiger partial charge < -0.3 is 4.98 Å². The number of halogens is 1. The number of nitrogens with one attached hydrogen (secondary N) is 1. The zero-order valence-electron chi connectivity index (χ0n) is 11.1. The van der Waals surface area contributed by atoms with Gasteiger partial charge in [0.15, 0.2) is 0 Å². The van der Waals surface area contributed by atoms with Gasteiger partial charge in [0.2, 0.25) is 0 Å². The molecule has 1 heterocycles. The van der Waals surface area contributed by atoms with Crippen LogP contribution in [0.1, 0.15) is 25.3 Å². The summed E-state index contributed by atoms with van der Waals surface area (Å²) >= 11 is 6.25. The van der Waals surface area contributed by atoms with E-state index in [1.807, 2.05) is 24.3 Å². The van der Waals surface area contributed by atoms with Crippen LogP contribution in [-0.2, 0) is 0 Å². The molecule has 0 aliphatic rings. The topological polar surface area (TPSA) is 15.8 Å². The summed E-state index contributed by atoms with van der Waals surface area (Å²) in [5.41, 5.74) is 4.63. The third kappa shape index (κ3) is 2.26. The van der Waals surface area contributed by atoms with Crippen LogP contribution in [0.3, 0.4) is 0 Å². The van der Waals surface area contributed by atoms with Crippen LogP contribution >= 0.6 is 11.6 Å². The lowest BCUT2D eigenvalue weighted by Gasteiger charge is -2.03. The number of fused-ring (bicyclic) bond motifs is 1. The van der Waals surface area contributed by atoms with Gasteiger partial charge in [-0.05, 0) is 35.7 Å². The van der Waals surface area contributed by atoms with E-state index in [2.05, 4.69) is 43.1 Å². The molecule has 2 heteroatoms. The Hall–Kier alpha value is -1.73. The Bertz CT molecular complexity index is 725. The molecule has 3 rings (SSSR count). The summed E-state index contributed by atoms with van der Waals surface area (Å²) < 4.78 is 0. The van der Waals surface area contributed by atoms with Gasteiger partial charge in [-0.2, -0.15) is 0 Å². The Kier molecular flexibility index (Phi) is 3.08. The van der Waals surface area contributed by atoms with E-state index in [9.17, 15) is 0 Å². The van der Waals surface area contributed by atoms with E-state index in [0.29, 0.717) is 5.92 Å². The number of rotatable bonds is 2. The summed E-state index contributed by atoms with van der Waals surface area (Å²) in [6, 6.07) is 16.7. The Balaban J connectivity index is 2.14. The van der Waals surface area contributed by atoms with Gasteiger partial charge in [0, 0.05) is 27.2 Å². The molecular weight excluding hydrogens is 254 g/mol. The second-order valence-corrected chi connectivity index (χ2v) is 5.57. The minimum atomic E-state index is 0.545. The van der Waals surface area contributed by atoms with Gasteiger partial charge in [-0.15, -0.1) is 0 Å². The van der Waals surface area contributed by atoms with Crippen LogP contribution in [0.5, 0.6) is 0 Å². The van der Waals surface area contributed by atoms with E-state index in [0.717, 1.165) is 21.8 Å². The third-order valence-electron chi connectivity index (χ3n) is 3.48. The lowest BCUT2D eigenvalue weighted by Crippen LogP contribution is -1.85. The zero-order valence-corrected chi connectivity index (χ0v) is 11.8. The van der Waals surface area contributed by atoms with E-state index < -0.39 is 0 Å². The lowest BCUT2D eigenvalue weighted by molar-refractivity contribution is 0.869. The van der Waals surface area contributed by atoms with Gasteiger partial charge in [0.1, 0.15) is 0 Å². The minimum Gasteiger partial charge on any atom is -0.354 e. The molecule has 0 saturated heterocycles. The third-order valence-corrected chi connectivity index (χ3v) is 3.81. The van der Waals surface area contributed by atoms with Crippen LogP contribution in [0.25, 0.3) is 22.2 Å². The Morgan fingerprint density at radius 2 is 1.79 bits per heavy atom. The van der Waals surface area contributed by atoms with Crippen molar-refractivity contribution < 1.29 is 0 Å². The van der Waals surface area contributed by atoms with E-state index >= 15 is 0 Å². The number of benzene rings is 2. The highest BCUT2D eigenvalue weighted by Crippen LogP contribution is 2.30. The first-order valence-electron chi connectivity index (χ1n) is 6.53. The molecule has 0 atom stereocenters. The quantitative estimate of drug-likeness (QED) is 0.622. The highest BCUT2D eigenvalue weighted by molar-refractivity contribution is 6.33. The molecule has 0 spiro atoms. The Morgan fingerprint density at radius 3 is 2.53 bits per heavy atom. The van der Waals surface area contributed by atoms with Gasteiger partial charge in [-0.25, -0.2) is 0 Å². The summed E-state index contributed by atoms with van der Waals surface area (Å²) in [5.74, 6) is 0.545. The second kappa shape index (κ2) is 4.75. The molecule has 3 aromatic rings. The van der Waals surface area contributed by atoms with Crippen molar-refractivity contribution in [2.75, 3.05) is 0 Å². The number of H-pyrrole nitrogens is 1. The minimum absolute atomic E-state index is 0.545. The van der Waals surface area contributed by atoms with Crippen LogP contribution in [0.15, 0.2) is 48.5 Å². The standard InChI is InChI=1S/C17H16ClN/c1-11(2)12-7-8-16-13(9-12)10-17(19-16)14-5-3-4-6-15(14)18/h3-11,19H,1-2H3. The van der Waals surface area contributed by atoms with Gasteiger partial charge in [-0.1, -0.05) is 49.7 Å². The molecule has 0 bridgehead atoms. The van der Waals surface area contributed by atoms with Crippen molar-refractivity contribution in [3.8, 4) is 11.3 Å². The second-order valence-electron chi connectivity index (χ2n) is 5.16. The maximum absolute atomic E-state index is 6.25. The van der Waals surface area contributed by atoms with Crippen LogP contribution in [0.2, 0.25) is 5.02 Å². The van der Waals surface area contributed by atoms with Crippen molar-refractivity contribution in [3.05, 3.63) is 59.1 Å². The Labute approximate surface area is 118 Å². The van der Waals surface area contributed by atoms with Crippen molar-refractivity contribution in [2.45, 2.75) is 19.8 Å². The maximum Gasteiger partial charge on any atom is 0.0499 e. The summed E-state index contributed by atoms with van der Waals surface area (Å²) in [5, 5.41) is 2.01. The first-order chi connectivity index (χ1) is 9.15. The molecule has 0 radical (unpaired) electrons. The molecular formula is C17H16ClN. The molecule has 1 aromatic heterocycles. The van der Waals surface area contributed by atoms with Crippen molar-refractivity contribution in [2.24, 2.45) is 0 Å². The number of hydrogen-bond donors (Lipinski definition) is 1. The molecule has 0 aliphatic carbocycles. The van der Waals surface area contributed by atoms with Crippen molar-refractivity contribution in [3.63, 3.8) is 0 Å². The van der Waals surface area contributed by atoms with Gasteiger partial charge in [0.25, 0.3) is 0 Å². The first-order valence-corrected chi connectivity index (χ1v) is 6.90. The van der Waals surface area contributed by atoms with E-state index in [-0.39, 0.29) is 0 Å². The molecule has 1 nitrogen and oxygen atoms in total. The predicted molar refractivity (Wildman–Crippen MR) is 82.8 cm³/mol. The van der Waals surface area contributed by atoms with E-state index in [4.69, 9.17) is 11.6 Å². The maximum atomic E-state index is 6.25. The highest BCUT2D eigenvalue weighted by Gasteiger charge is 2.08. The molecule has 0 aliphatic heterocycles. The normalized spacial score (nSPS) is 11.4. The van der Waals surface area contributed by atoms with E-state index in [1.54, 1.807) is 0 Å². The summed E-state index contributed by atoms with van der Waals surface area (Å²) in [4.78, 5) is 3.43.